The Labute approximate surface area is 174 Å². The van der Waals surface area contributed by atoms with Gasteiger partial charge >= 0.3 is 5.97 Å². The first-order chi connectivity index (χ1) is 13.7. The van der Waals surface area contributed by atoms with E-state index >= 15 is 0 Å². The smallest absolute Gasteiger partial charge is 0.341 e. The van der Waals surface area contributed by atoms with Gasteiger partial charge in [0, 0.05) is 16.5 Å². The maximum atomic E-state index is 12.7. The Bertz CT molecular complexity index is 966. The number of thiophene rings is 1. The fourth-order valence-electron chi connectivity index (χ4n) is 3.28. The molecule has 2 aromatic rings. The van der Waals surface area contributed by atoms with Gasteiger partial charge in [-0.25, -0.2) is 4.79 Å². The van der Waals surface area contributed by atoms with E-state index in [0.717, 1.165) is 45.7 Å². The summed E-state index contributed by atoms with van der Waals surface area (Å²) >= 11 is 1.35. The molecule has 1 heterocycles. The third kappa shape index (κ3) is 4.85. The van der Waals surface area contributed by atoms with Crippen LogP contribution in [0.5, 0.6) is 0 Å². The summed E-state index contributed by atoms with van der Waals surface area (Å²) in [5, 5.41) is 6.15. The van der Waals surface area contributed by atoms with Gasteiger partial charge in [-0.3, -0.25) is 9.59 Å². The highest BCUT2D eigenvalue weighted by molar-refractivity contribution is 7.16. The molecular weight excluding hydrogens is 388 g/mol. The van der Waals surface area contributed by atoms with E-state index in [1.807, 2.05) is 46.8 Å². The number of esters is 1. The molecule has 1 aliphatic carbocycles. The minimum absolute atomic E-state index is 0.0355. The zero-order valence-corrected chi connectivity index (χ0v) is 18.2. The molecule has 1 aliphatic rings. The number of benzene rings is 1. The molecule has 0 atom stereocenters. The summed E-state index contributed by atoms with van der Waals surface area (Å²) in [6, 6.07) is 3.97. The first-order valence-electron chi connectivity index (χ1n) is 9.63. The minimum Gasteiger partial charge on any atom is -0.452 e. The van der Waals surface area contributed by atoms with E-state index in [9.17, 15) is 14.4 Å². The molecule has 7 heteroatoms. The van der Waals surface area contributed by atoms with Crippen LogP contribution in [0.3, 0.4) is 0 Å². The lowest BCUT2D eigenvalue weighted by Crippen LogP contribution is -2.23. The van der Waals surface area contributed by atoms with Crippen molar-refractivity contribution in [2.45, 2.75) is 47.5 Å². The second kappa shape index (κ2) is 8.37. The third-order valence-electron chi connectivity index (χ3n) is 5.05. The second-order valence-electron chi connectivity index (χ2n) is 7.65. The van der Waals surface area contributed by atoms with E-state index in [2.05, 4.69) is 10.6 Å². The van der Waals surface area contributed by atoms with Gasteiger partial charge in [0.25, 0.3) is 5.91 Å². The van der Waals surface area contributed by atoms with Gasteiger partial charge in [0.1, 0.15) is 5.00 Å². The van der Waals surface area contributed by atoms with E-state index < -0.39 is 18.5 Å². The second-order valence-corrected chi connectivity index (χ2v) is 8.87. The molecule has 1 saturated carbocycles. The molecule has 6 nitrogen and oxygen atoms in total. The van der Waals surface area contributed by atoms with Crippen molar-refractivity contribution < 1.29 is 19.1 Å². The Hall–Kier alpha value is -2.67. The number of nitrogens with one attached hydrogen (secondary N) is 2. The average Bonchev–Trinajstić information content (AvgIpc) is 3.44. The number of aryl methyl sites for hydroxylation is 4. The first kappa shape index (κ1) is 21.0. The number of anilines is 2. The molecule has 0 bridgehead atoms. The number of carbonyl (C=O) groups excluding carboxylic acids is 3. The van der Waals surface area contributed by atoms with Gasteiger partial charge in [0.15, 0.2) is 6.61 Å². The minimum atomic E-state index is -0.606. The van der Waals surface area contributed by atoms with Crippen LogP contribution in [0.1, 0.15) is 50.3 Å². The molecule has 154 valence electrons. The molecule has 1 aromatic heterocycles. The number of carbonyl (C=O) groups is 3. The van der Waals surface area contributed by atoms with Crippen molar-refractivity contribution in [1.29, 1.82) is 0 Å². The summed E-state index contributed by atoms with van der Waals surface area (Å²) < 4.78 is 5.26. The largest absolute Gasteiger partial charge is 0.452 e. The molecular formula is C22H26N2O4S. The zero-order chi connectivity index (χ0) is 21.3. The number of rotatable bonds is 6. The molecule has 0 spiro atoms. The van der Waals surface area contributed by atoms with Crippen molar-refractivity contribution in [3.05, 3.63) is 44.8 Å². The summed E-state index contributed by atoms with van der Waals surface area (Å²) in [5.41, 5.74) is 4.85. The van der Waals surface area contributed by atoms with E-state index in [0.29, 0.717) is 10.6 Å². The van der Waals surface area contributed by atoms with E-state index in [4.69, 9.17) is 4.74 Å². The van der Waals surface area contributed by atoms with Crippen molar-refractivity contribution >= 4 is 39.8 Å². The van der Waals surface area contributed by atoms with Crippen LogP contribution in [0.2, 0.25) is 0 Å². The Morgan fingerprint density at radius 1 is 1.03 bits per heavy atom. The number of ether oxygens (including phenoxy) is 1. The molecule has 2 amide bonds. The quantitative estimate of drug-likeness (QED) is 0.685. The van der Waals surface area contributed by atoms with Crippen molar-refractivity contribution in [3.63, 3.8) is 0 Å². The van der Waals surface area contributed by atoms with Crippen LogP contribution in [-0.2, 0) is 14.3 Å². The van der Waals surface area contributed by atoms with Crippen molar-refractivity contribution in [1.82, 2.24) is 0 Å². The highest BCUT2D eigenvalue weighted by Gasteiger charge is 2.31. The topological polar surface area (TPSA) is 84.5 Å². The molecule has 1 aromatic carbocycles. The lowest BCUT2D eigenvalue weighted by atomic mass is 10.1. The van der Waals surface area contributed by atoms with Gasteiger partial charge in [-0.05, 0) is 64.2 Å². The van der Waals surface area contributed by atoms with E-state index in [1.54, 1.807) is 0 Å². The van der Waals surface area contributed by atoms with Crippen LogP contribution in [0.15, 0.2) is 12.1 Å². The van der Waals surface area contributed by atoms with Crippen molar-refractivity contribution in [2.75, 3.05) is 17.2 Å². The predicted molar refractivity (Wildman–Crippen MR) is 115 cm³/mol. The standard InChI is InChI=1S/C22H26N2O4S/c1-11-8-12(2)19(13(3)9-11)23-17(25)10-28-22(27)18-14(4)15(5)29-21(18)24-20(26)16-6-7-16/h8-9,16H,6-7,10H2,1-5H3,(H,23,25)(H,24,26). The number of hydrogen-bond donors (Lipinski definition) is 2. The highest BCUT2D eigenvalue weighted by Crippen LogP contribution is 2.36. The van der Waals surface area contributed by atoms with Gasteiger partial charge in [-0.2, -0.15) is 0 Å². The van der Waals surface area contributed by atoms with E-state index in [1.165, 1.54) is 11.3 Å². The Kier molecular flexibility index (Phi) is 6.07. The lowest BCUT2D eigenvalue weighted by molar-refractivity contribution is -0.119. The summed E-state index contributed by atoms with van der Waals surface area (Å²) in [6.45, 7) is 9.16. The van der Waals surface area contributed by atoms with Gasteiger partial charge in [-0.15, -0.1) is 11.3 Å². The summed E-state index contributed by atoms with van der Waals surface area (Å²) in [5.74, 6) is -1.04. The van der Waals surface area contributed by atoms with E-state index in [-0.39, 0.29) is 11.8 Å². The molecule has 0 aliphatic heterocycles. The van der Waals surface area contributed by atoms with Crippen LogP contribution in [0.4, 0.5) is 10.7 Å². The van der Waals surface area contributed by atoms with Gasteiger partial charge in [0.2, 0.25) is 5.91 Å². The maximum Gasteiger partial charge on any atom is 0.341 e. The molecule has 0 unspecified atom stereocenters. The summed E-state index contributed by atoms with van der Waals surface area (Å²) in [4.78, 5) is 38.0. The fourth-order valence-corrected chi connectivity index (χ4v) is 4.33. The molecule has 0 saturated heterocycles. The molecule has 2 N–H and O–H groups in total. The Morgan fingerprint density at radius 3 is 2.24 bits per heavy atom. The monoisotopic (exact) mass is 414 g/mol. The molecule has 29 heavy (non-hydrogen) atoms. The predicted octanol–water partition coefficient (Wildman–Crippen LogP) is 4.43. The van der Waals surface area contributed by atoms with Gasteiger partial charge < -0.3 is 15.4 Å². The Morgan fingerprint density at radius 2 is 1.66 bits per heavy atom. The molecule has 3 rings (SSSR count). The van der Waals surface area contributed by atoms with Crippen LogP contribution in [-0.4, -0.2) is 24.4 Å². The highest BCUT2D eigenvalue weighted by atomic mass is 32.1. The third-order valence-corrected chi connectivity index (χ3v) is 6.17. The average molecular weight is 415 g/mol. The number of hydrogen-bond acceptors (Lipinski definition) is 5. The van der Waals surface area contributed by atoms with Gasteiger partial charge in [-0.1, -0.05) is 17.7 Å². The molecule has 1 fully saturated rings. The van der Waals surface area contributed by atoms with Crippen molar-refractivity contribution in [2.24, 2.45) is 5.92 Å². The summed E-state index contributed by atoms with van der Waals surface area (Å²) in [7, 11) is 0. The van der Waals surface area contributed by atoms with Crippen LogP contribution in [0.25, 0.3) is 0 Å². The zero-order valence-electron chi connectivity index (χ0n) is 17.4. The fraction of sp³-hybridized carbons (Fsp3) is 0.409. The normalized spacial score (nSPS) is 13.1. The van der Waals surface area contributed by atoms with Crippen LogP contribution < -0.4 is 10.6 Å². The van der Waals surface area contributed by atoms with Crippen LogP contribution in [0, 0.1) is 40.5 Å². The molecule has 0 radical (unpaired) electrons. The first-order valence-corrected chi connectivity index (χ1v) is 10.4. The Balaban J connectivity index is 1.66. The summed E-state index contributed by atoms with van der Waals surface area (Å²) in [6.07, 6.45) is 1.76. The van der Waals surface area contributed by atoms with Crippen LogP contribution >= 0.6 is 11.3 Å². The maximum absolute atomic E-state index is 12.7. The SMILES string of the molecule is Cc1cc(C)c(NC(=O)COC(=O)c2c(NC(=O)C3CC3)sc(C)c2C)c(C)c1. The number of amides is 2. The van der Waals surface area contributed by atoms with Crippen molar-refractivity contribution in [3.8, 4) is 0 Å². The lowest BCUT2D eigenvalue weighted by Gasteiger charge is -2.13. The van der Waals surface area contributed by atoms with Gasteiger partial charge in [0.05, 0.1) is 5.56 Å².